The Balaban J connectivity index is 3.15. The summed E-state index contributed by atoms with van der Waals surface area (Å²) < 4.78 is 0. The molecule has 0 bridgehead atoms. The van der Waals surface area contributed by atoms with Gasteiger partial charge in [0.25, 0.3) is 0 Å². The van der Waals surface area contributed by atoms with E-state index in [0.29, 0.717) is 12.7 Å². The molecule has 0 saturated heterocycles. The topological polar surface area (TPSA) is 37.4 Å². The van der Waals surface area contributed by atoms with E-state index in [1.54, 1.807) is 7.05 Å². The Bertz CT molecular complexity index is 72.1. The first-order valence-electron chi connectivity index (χ1n) is 1.90. The summed E-state index contributed by atoms with van der Waals surface area (Å²) in [5.41, 5.74) is 0. The molecule has 1 amide bonds. The Kier molecular flexibility index (Phi) is 2.92. The second-order valence-corrected chi connectivity index (χ2v) is 1.21. The third kappa shape index (κ3) is 2.96. The second-order valence-electron chi connectivity index (χ2n) is 1.21. The van der Waals surface area contributed by atoms with Gasteiger partial charge in [0.2, 0.25) is 6.41 Å². The maximum atomic E-state index is 9.66. The van der Waals surface area contributed by atoms with Crippen molar-refractivity contribution in [3.63, 3.8) is 0 Å². The number of nitrogens with zero attached hydrogens (tertiary/aromatic N) is 1. The van der Waals surface area contributed by atoms with Crippen LogP contribution in [0.25, 0.3) is 0 Å². The molecule has 0 radical (unpaired) electrons. The summed E-state index contributed by atoms with van der Waals surface area (Å²) in [5, 5.41) is 0. The van der Waals surface area contributed by atoms with Crippen LogP contribution in [0.1, 0.15) is 0 Å². The minimum absolute atomic E-state index is 0.184. The fourth-order valence-electron chi connectivity index (χ4n) is 0.161. The highest BCUT2D eigenvalue weighted by atomic mass is 16.1. The summed E-state index contributed by atoms with van der Waals surface area (Å²) in [5.74, 6) is 0. The zero-order chi connectivity index (χ0) is 5.70. The van der Waals surface area contributed by atoms with Gasteiger partial charge in [-0.25, -0.2) is 0 Å². The average molecular weight is 101 g/mol. The van der Waals surface area contributed by atoms with E-state index in [2.05, 4.69) is 0 Å². The van der Waals surface area contributed by atoms with Gasteiger partial charge in [-0.1, -0.05) is 0 Å². The zero-order valence-corrected chi connectivity index (χ0v) is 4.13. The lowest BCUT2D eigenvalue weighted by Gasteiger charge is -2.00. The quantitative estimate of drug-likeness (QED) is 0.440. The third-order valence-electron chi connectivity index (χ3n) is 0.542. The van der Waals surface area contributed by atoms with Crippen molar-refractivity contribution in [3.8, 4) is 0 Å². The van der Waals surface area contributed by atoms with Gasteiger partial charge >= 0.3 is 0 Å². The molecule has 3 heteroatoms. The Hall–Kier alpha value is -0.860. The molecule has 7 heavy (non-hydrogen) atoms. The van der Waals surface area contributed by atoms with E-state index in [4.69, 9.17) is 0 Å². The van der Waals surface area contributed by atoms with Crippen LogP contribution >= 0.6 is 0 Å². The minimum Gasteiger partial charge on any atom is -0.341 e. The van der Waals surface area contributed by atoms with Gasteiger partial charge in [-0.3, -0.25) is 4.79 Å². The van der Waals surface area contributed by atoms with Gasteiger partial charge in [0.05, 0.1) is 6.54 Å². The number of rotatable bonds is 3. The minimum atomic E-state index is 0.184. The van der Waals surface area contributed by atoms with Crippen molar-refractivity contribution in [1.29, 1.82) is 0 Å². The summed E-state index contributed by atoms with van der Waals surface area (Å²) in [7, 11) is 1.54. The predicted octanol–water partition coefficient (Wildman–Crippen LogP) is -0.727. The standard InChI is InChI=1S/C4H7NO2/c1-5(4-7)2-3-6/h3-4H,2H2,1H3. The first-order chi connectivity index (χ1) is 3.31. The van der Waals surface area contributed by atoms with Crippen molar-refractivity contribution in [2.45, 2.75) is 0 Å². The molecular formula is C4H7NO2. The molecule has 0 atom stereocenters. The van der Waals surface area contributed by atoms with E-state index in [1.807, 2.05) is 0 Å². The molecule has 0 unspecified atom stereocenters. The maximum Gasteiger partial charge on any atom is 0.209 e. The lowest BCUT2D eigenvalue weighted by atomic mass is 10.7. The predicted molar refractivity (Wildman–Crippen MR) is 24.8 cm³/mol. The Morgan fingerprint density at radius 3 is 2.29 bits per heavy atom. The van der Waals surface area contributed by atoms with Crippen LogP contribution in [0.15, 0.2) is 0 Å². The monoisotopic (exact) mass is 101 g/mol. The van der Waals surface area contributed by atoms with Crippen LogP contribution in [-0.2, 0) is 9.59 Å². The Labute approximate surface area is 41.9 Å². The SMILES string of the molecule is CN(C=O)CC=O. The van der Waals surface area contributed by atoms with E-state index < -0.39 is 0 Å². The number of carbonyl (C=O) groups excluding carboxylic acids is 2. The average Bonchev–Trinajstić information content (AvgIpc) is 1.68. The first kappa shape index (κ1) is 6.14. The highest BCUT2D eigenvalue weighted by Gasteiger charge is 1.84. The van der Waals surface area contributed by atoms with Crippen molar-refractivity contribution in [2.75, 3.05) is 13.6 Å². The van der Waals surface area contributed by atoms with Crippen LogP contribution in [0, 0.1) is 0 Å². The van der Waals surface area contributed by atoms with Gasteiger partial charge in [0.1, 0.15) is 6.29 Å². The highest BCUT2D eigenvalue weighted by Crippen LogP contribution is 1.64. The van der Waals surface area contributed by atoms with E-state index >= 15 is 0 Å². The molecule has 0 saturated carbocycles. The smallest absolute Gasteiger partial charge is 0.209 e. The summed E-state index contributed by atoms with van der Waals surface area (Å²) in [6.45, 7) is 0.184. The summed E-state index contributed by atoms with van der Waals surface area (Å²) in [6.07, 6.45) is 1.28. The van der Waals surface area contributed by atoms with Crippen LogP contribution in [0.4, 0.5) is 0 Å². The van der Waals surface area contributed by atoms with Gasteiger partial charge in [-0.15, -0.1) is 0 Å². The van der Waals surface area contributed by atoms with E-state index in [-0.39, 0.29) is 6.54 Å². The van der Waals surface area contributed by atoms with Crippen LogP contribution in [0.5, 0.6) is 0 Å². The maximum absolute atomic E-state index is 9.66. The number of likely N-dealkylation sites (N-methyl/N-ethyl adjacent to an activating group) is 1. The molecule has 0 heterocycles. The zero-order valence-electron chi connectivity index (χ0n) is 4.13. The molecule has 0 aliphatic carbocycles. The molecule has 0 N–H and O–H groups in total. The summed E-state index contributed by atoms with van der Waals surface area (Å²) in [6, 6.07) is 0. The molecule has 0 aromatic rings. The Morgan fingerprint density at radius 1 is 1.57 bits per heavy atom. The van der Waals surface area contributed by atoms with Crippen LogP contribution in [-0.4, -0.2) is 31.2 Å². The molecule has 0 spiro atoms. The van der Waals surface area contributed by atoms with Crippen molar-refractivity contribution in [2.24, 2.45) is 0 Å². The molecule has 3 nitrogen and oxygen atoms in total. The molecule has 0 rings (SSSR count). The number of aldehydes is 1. The molecule has 0 fully saturated rings. The molecule has 40 valence electrons. The largest absolute Gasteiger partial charge is 0.341 e. The van der Waals surface area contributed by atoms with Crippen molar-refractivity contribution in [3.05, 3.63) is 0 Å². The van der Waals surface area contributed by atoms with Crippen LogP contribution < -0.4 is 0 Å². The number of amides is 1. The number of hydrogen-bond acceptors (Lipinski definition) is 2. The Morgan fingerprint density at radius 2 is 2.14 bits per heavy atom. The van der Waals surface area contributed by atoms with Crippen LogP contribution in [0.3, 0.4) is 0 Å². The van der Waals surface area contributed by atoms with Gasteiger partial charge in [0, 0.05) is 7.05 Å². The lowest BCUT2D eigenvalue weighted by molar-refractivity contribution is -0.120. The molecule has 0 aliphatic rings. The lowest BCUT2D eigenvalue weighted by Crippen LogP contribution is -2.17. The normalized spacial score (nSPS) is 7.57. The van der Waals surface area contributed by atoms with Crippen molar-refractivity contribution < 1.29 is 9.59 Å². The fourth-order valence-corrected chi connectivity index (χ4v) is 0.161. The summed E-state index contributed by atoms with van der Waals surface area (Å²) >= 11 is 0. The first-order valence-corrected chi connectivity index (χ1v) is 1.90. The van der Waals surface area contributed by atoms with Gasteiger partial charge in [-0.05, 0) is 0 Å². The van der Waals surface area contributed by atoms with E-state index in [9.17, 15) is 9.59 Å². The van der Waals surface area contributed by atoms with E-state index in [0.717, 1.165) is 0 Å². The molecular weight excluding hydrogens is 94.0 g/mol. The molecule has 0 aromatic carbocycles. The van der Waals surface area contributed by atoms with Crippen molar-refractivity contribution in [1.82, 2.24) is 4.90 Å². The second kappa shape index (κ2) is 3.33. The van der Waals surface area contributed by atoms with E-state index in [1.165, 1.54) is 4.90 Å². The molecule has 0 aliphatic heterocycles. The highest BCUT2D eigenvalue weighted by molar-refractivity contribution is 5.58. The van der Waals surface area contributed by atoms with Gasteiger partial charge in [-0.2, -0.15) is 0 Å². The third-order valence-corrected chi connectivity index (χ3v) is 0.542. The summed E-state index contributed by atoms with van der Waals surface area (Å²) in [4.78, 5) is 20.5. The fraction of sp³-hybridized carbons (Fsp3) is 0.500. The van der Waals surface area contributed by atoms with Crippen LogP contribution in [0.2, 0.25) is 0 Å². The molecule has 0 aromatic heterocycles. The van der Waals surface area contributed by atoms with Crippen molar-refractivity contribution >= 4 is 12.7 Å². The van der Waals surface area contributed by atoms with Gasteiger partial charge < -0.3 is 9.69 Å². The van der Waals surface area contributed by atoms with Gasteiger partial charge in [0.15, 0.2) is 0 Å². The number of hydrogen-bond donors (Lipinski definition) is 0. The number of carbonyl (C=O) groups is 2.